The van der Waals surface area contributed by atoms with Crippen molar-refractivity contribution in [1.29, 1.82) is 0 Å². The molecule has 4 aliphatic rings. The van der Waals surface area contributed by atoms with Crippen molar-refractivity contribution in [2.24, 2.45) is 17.8 Å². The monoisotopic (exact) mass is 629 g/mol. The summed E-state index contributed by atoms with van der Waals surface area (Å²) in [4.78, 5) is 49.5. The number of rotatable bonds is 9. The Labute approximate surface area is 270 Å². The third kappa shape index (κ3) is 5.37. The van der Waals surface area contributed by atoms with Gasteiger partial charge in [-0.05, 0) is 56.0 Å². The summed E-state index contributed by atoms with van der Waals surface area (Å²) < 4.78 is 3.94. The van der Waals surface area contributed by atoms with E-state index >= 15 is 0 Å². The van der Waals surface area contributed by atoms with Gasteiger partial charge >= 0.3 is 0 Å². The number of carbonyl (C=O) groups excluding carboxylic acids is 3. The van der Waals surface area contributed by atoms with Gasteiger partial charge in [-0.25, -0.2) is 0 Å². The summed E-state index contributed by atoms with van der Waals surface area (Å²) in [6, 6.07) is 15.9. The average molecular weight is 630 g/mol. The summed E-state index contributed by atoms with van der Waals surface area (Å²) in [5, 5.41) is 10.7. The largest absolute Gasteiger partial charge is 0.494 e. The molecule has 3 amide bonds. The minimum atomic E-state index is -0.967. The molecule has 4 heterocycles. The predicted molar refractivity (Wildman–Crippen MR) is 177 cm³/mol. The number of ether oxygens (including phenoxy) is 1. The summed E-state index contributed by atoms with van der Waals surface area (Å²) in [5.41, 5.74) is 1.74. The smallest absolute Gasteiger partial charge is 0.247 e. The third-order valence-corrected chi connectivity index (χ3v) is 11.4. The number of thioether (sulfide) groups is 1. The Morgan fingerprint density at radius 1 is 0.933 bits per heavy atom. The SMILES string of the molecule is CCOc1ccc(N2CC=C[C@]3(C)S[C@]45C=CCN(Cc6ccccc6)C(=O)C4N([C@@H](CO)CC(C)C)C(=O)[C@@H]5[C@@H]3C2=O)cc1. The minimum absolute atomic E-state index is 0.134. The normalized spacial score (nSPS) is 29.9. The molecule has 238 valence electrons. The molecule has 2 aromatic carbocycles. The Hall–Kier alpha value is -3.56. The summed E-state index contributed by atoms with van der Waals surface area (Å²) in [5.74, 6) is -1.05. The number of fused-ring (bicyclic) bond motifs is 2. The lowest BCUT2D eigenvalue weighted by atomic mass is 9.74. The molecule has 0 bridgehead atoms. The molecule has 45 heavy (non-hydrogen) atoms. The maximum absolute atomic E-state index is 14.9. The standard InChI is InChI=1S/C36H43N3O5S/c1-5-44-28-15-13-26(14-16-28)38-20-9-17-35(4)29(32(38)41)30-33(42)39(27(23-40)21-24(2)3)31-34(43)37(19-10-18-36(30,31)45-35)22-25-11-7-6-8-12-25/h6-18,24,27,29-31,40H,5,19-23H2,1-4H3/t27-,29-,30+,31?,35+,36+/m1/s1. The van der Waals surface area contributed by atoms with Gasteiger partial charge in [-0.3, -0.25) is 14.4 Å². The van der Waals surface area contributed by atoms with Gasteiger partial charge in [0.1, 0.15) is 11.8 Å². The summed E-state index contributed by atoms with van der Waals surface area (Å²) in [7, 11) is 0. The van der Waals surface area contributed by atoms with Crippen LogP contribution in [0.5, 0.6) is 5.75 Å². The summed E-state index contributed by atoms with van der Waals surface area (Å²) in [6.07, 6.45) is 8.67. The molecule has 9 heteroatoms. The molecular weight excluding hydrogens is 586 g/mol. The van der Waals surface area contributed by atoms with E-state index in [-0.39, 0.29) is 30.2 Å². The first-order valence-electron chi connectivity index (χ1n) is 16.0. The van der Waals surface area contributed by atoms with Crippen LogP contribution in [0.3, 0.4) is 0 Å². The molecular formula is C36H43N3O5S. The number of aliphatic hydroxyl groups excluding tert-OH is 1. The van der Waals surface area contributed by atoms with Crippen LogP contribution in [0, 0.1) is 17.8 Å². The fraction of sp³-hybridized carbons (Fsp3) is 0.472. The first-order valence-corrected chi connectivity index (χ1v) is 16.8. The highest BCUT2D eigenvalue weighted by molar-refractivity contribution is 8.02. The van der Waals surface area contributed by atoms with Crippen LogP contribution in [0.2, 0.25) is 0 Å². The first-order chi connectivity index (χ1) is 21.6. The zero-order valence-electron chi connectivity index (χ0n) is 26.5. The number of anilines is 1. The van der Waals surface area contributed by atoms with E-state index in [1.54, 1.807) is 26.5 Å². The number of carbonyl (C=O) groups is 3. The van der Waals surface area contributed by atoms with Gasteiger partial charge in [0.05, 0.1) is 35.8 Å². The van der Waals surface area contributed by atoms with E-state index < -0.39 is 33.4 Å². The van der Waals surface area contributed by atoms with Crippen LogP contribution in [-0.4, -0.2) is 80.5 Å². The molecule has 1 N–H and O–H groups in total. The molecule has 2 aromatic rings. The molecule has 0 aliphatic carbocycles. The highest BCUT2D eigenvalue weighted by Gasteiger charge is 2.74. The van der Waals surface area contributed by atoms with E-state index in [1.165, 1.54) is 0 Å². The van der Waals surface area contributed by atoms with Crippen molar-refractivity contribution in [3.05, 3.63) is 84.5 Å². The van der Waals surface area contributed by atoms with Crippen molar-refractivity contribution in [2.45, 2.75) is 62.2 Å². The molecule has 0 aromatic heterocycles. The molecule has 2 saturated heterocycles. The van der Waals surface area contributed by atoms with Gasteiger partial charge in [-0.1, -0.05) is 68.5 Å². The fourth-order valence-electron chi connectivity index (χ4n) is 7.79. The number of benzene rings is 2. The second-order valence-corrected chi connectivity index (χ2v) is 14.9. The molecule has 2 fully saturated rings. The minimum Gasteiger partial charge on any atom is -0.494 e. The summed E-state index contributed by atoms with van der Waals surface area (Å²) >= 11 is 1.57. The zero-order valence-corrected chi connectivity index (χ0v) is 27.3. The Morgan fingerprint density at radius 3 is 2.31 bits per heavy atom. The highest BCUT2D eigenvalue weighted by atomic mass is 32.2. The maximum atomic E-state index is 14.9. The molecule has 0 radical (unpaired) electrons. The van der Waals surface area contributed by atoms with Crippen LogP contribution in [0.25, 0.3) is 0 Å². The second-order valence-electron chi connectivity index (χ2n) is 13.1. The fourth-order valence-corrected chi connectivity index (χ4v) is 9.93. The van der Waals surface area contributed by atoms with Crippen molar-refractivity contribution in [1.82, 2.24) is 9.80 Å². The molecule has 6 rings (SSSR count). The Morgan fingerprint density at radius 2 is 1.64 bits per heavy atom. The quantitative estimate of drug-likeness (QED) is 0.406. The molecule has 6 atom stereocenters. The highest BCUT2D eigenvalue weighted by Crippen LogP contribution is 2.66. The van der Waals surface area contributed by atoms with Crippen LogP contribution >= 0.6 is 11.8 Å². The number of likely N-dealkylation sites (tertiary alicyclic amines) is 1. The van der Waals surface area contributed by atoms with Crippen molar-refractivity contribution in [2.75, 3.05) is 31.2 Å². The Balaban J connectivity index is 1.43. The van der Waals surface area contributed by atoms with Crippen LogP contribution in [-0.2, 0) is 20.9 Å². The summed E-state index contributed by atoms with van der Waals surface area (Å²) in [6.45, 7) is 9.55. The zero-order chi connectivity index (χ0) is 31.9. The predicted octanol–water partition coefficient (Wildman–Crippen LogP) is 4.68. The van der Waals surface area contributed by atoms with E-state index in [1.807, 2.05) is 86.7 Å². The first kappa shape index (κ1) is 31.4. The van der Waals surface area contributed by atoms with E-state index in [0.717, 1.165) is 17.0 Å². The van der Waals surface area contributed by atoms with Crippen molar-refractivity contribution in [3.63, 3.8) is 0 Å². The van der Waals surface area contributed by atoms with Gasteiger partial charge in [0, 0.05) is 30.1 Å². The van der Waals surface area contributed by atoms with Gasteiger partial charge in [0.15, 0.2) is 0 Å². The van der Waals surface area contributed by atoms with Crippen molar-refractivity contribution >= 4 is 35.2 Å². The van der Waals surface area contributed by atoms with Crippen LogP contribution in [0.1, 0.15) is 39.7 Å². The second kappa shape index (κ2) is 12.3. The number of amides is 3. The van der Waals surface area contributed by atoms with Gasteiger partial charge in [0.2, 0.25) is 17.7 Å². The number of hydrogen-bond donors (Lipinski definition) is 1. The molecule has 1 unspecified atom stereocenters. The van der Waals surface area contributed by atoms with Crippen LogP contribution in [0.15, 0.2) is 78.9 Å². The van der Waals surface area contributed by atoms with E-state index in [4.69, 9.17) is 4.74 Å². The number of aliphatic hydroxyl groups is 1. The topological polar surface area (TPSA) is 90.4 Å². The lowest BCUT2D eigenvalue weighted by molar-refractivity contribution is -0.146. The van der Waals surface area contributed by atoms with E-state index in [2.05, 4.69) is 19.9 Å². The van der Waals surface area contributed by atoms with Gasteiger partial charge in [-0.2, -0.15) is 0 Å². The molecule has 1 spiro atoms. The third-order valence-electron chi connectivity index (χ3n) is 9.60. The maximum Gasteiger partial charge on any atom is 0.247 e. The van der Waals surface area contributed by atoms with Gasteiger partial charge < -0.3 is 24.5 Å². The number of hydrogen-bond acceptors (Lipinski definition) is 6. The van der Waals surface area contributed by atoms with Crippen molar-refractivity contribution in [3.8, 4) is 5.75 Å². The Bertz CT molecular complexity index is 1490. The number of nitrogens with zero attached hydrogens (tertiary/aromatic N) is 3. The van der Waals surface area contributed by atoms with Crippen LogP contribution in [0.4, 0.5) is 5.69 Å². The van der Waals surface area contributed by atoms with Crippen LogP contribution < -0.4 is 9.64 Å². The van der Waals surface area contributed by atoms with Crippen molar-refractivity contribution < 1.29 is 24.2 Å². The average Bonchev–Trinajstić information content (AvgIpc) is 3.30. The van der Waals surface area contributed by atoms with Gasteiger partial charge in [0.25, 0.3) is 0 Å². The lowest BCUT2D eigenvalue weighted by Gasteiger charge is -2.40. The van der Waals surface area contributed by atoms with E-state index in [9.17, 15) is 19.5 Å². The van der Waals surface area contributed by atoms with E-state index in [0.29, 0.717) is 32.7 Å². The molecule has 0 saturated carbocycles. The lowest BCUT2D eigenvalue weighted by Crippen LogP contribution is -2.56. The molecule has 8 nitrogen and oxygen atoms in total. The molecule has 4 aliphatic heterocycles. The van der Waals surface area contributed by atoms with Gasteiger partial charge in [-0.15, -0.1) is 11.8 Å². The Kier molecular flexibility index (Phi) is 8.61.